The Morgan fingerprint density at radius 2 is 1.58 bits per heavy atom. The van der Waals surface area contributed by atoms with E-state index in [2.05, 4.69) is 15.2 Å². The summed E-state index contributed by atoms with van der Waals surface area (Å²) < 4.78 is 51.6. The third-order valence-corrected chi connectivity index (χ3v) is 6.64. The van der Waals surface area contributed by atoms with E-state index in [9.17, 15) is 9.18 Å². The normalized spacial score (nSPS) is 11.1. The van der Waals surface area contributed by atoms with Crippen LogP contribution in [0.25, 0.3) is 22.0 Å². The van der Waals surface area contributed by atoms with Crippen LogP contribution in [0.15, 0.2) is 66.9 Å². The minimum Gasteiger partial charge on any atom is -0.493 e. The highest BCUT2D eigenvalue weighted by Gasteiger charge is 2.24. The minimum atomic E-state index is -0.656. The number of fused-ring (bicyclic) bond motifs is 1. The van der Waals surface area contributed by atoms with Crippen LogP contribution >= 0.6 is 0 Å². The van der Waals surface area contributed by atoms with Crippen LogP contribution < -0.4 is 18.9 Å². The molecule has 0 N–H and O–H groups in total. The van der Waals surface area contributed by atoms with Gasteiger partial charge < -0.3 is 18.9 Å². The van der Waals surface area contributed by atoms with E-state index < -0.39 is 17.4 Å². The van der Waals surface area contributed by atoms with Crippen molar-refractivity contribution in [3.8, 4) is 39.9 Å². The topological polar surface area (TPSA) is 92.7 Å². The fraction of sp³-hybridized carbons (Fsp3) is 0.212. The first kappa shape index (κ1) is 29.4. The molecule has 0 bridgehead atoms. The van der Waals surface area contributed by atoms with Crippen molar-refractivity contribution in [3.63, 3.8) is 0 Å². The van der Waals surface area contributed by atoms with E-state index in [4.69, 9.17) is 18.9 Å². The van der Waals surface area contributed by atoms with Crippen molar-refractivity contribution in [1.29, 1.82) is 0 Å². The van der Waals surface area contributed by atoms with Gasteiger partial charge in [-0.2, -0.15) is 5.10 Å². The van der Waals surface area contributed by atoms with E-state index in [0.29, 0.717) is 50.5 Å². The number of hydrogen-bond donors (Lipinski definition) is 0. The predicted octanol–water partition coefficient (Wildman–Crippen LogP) is 7.30. The zero-order valence-electron chi connectivity index (χ0n) is 24.3. The lowest BCUT2D eigenvalue weighted by molar-refractivity contribution is 0.0980. The van der Waals surface area contributed by atoms with Crippen LogP contribution in [0.2, 0.25) is 0 Å². The Morgan fingerprint density at radius 3 is 2.26 bits per heavy atom. The summed E-state index contributed by atoms with van der Waals surface area (Å²) in [7, 11) is 3.05. The number of rotatable bonds is 10. The Bertz CT molecular complexity index is 1810. The first-order valence-electron chi connectivity index (χ1n) is 13.5. The molecule has 5 rings (SSSR count). The molecule has 0 aliphatic heterocycles. The molecule has 0 radical (unpaired) electrons. The first-order valence-corrected chi connectivity index (χ1v) is 13.5. The highest BCUT2D eigenvalue weighted by atomic mass is 19.1. The van der Waals surface area contributed by atoms with E-state index in [0.717, 1.165) is 0 Å². The van der Waals surface area contributed by atoms with Crippen molar-refractivity contribution in [1.82, 2.24) is 15.2 Å². The van der Waals surface area contributed by atoms with Gasteiger partial charge in [0.15, 0.2) is 40.3 Å². The number of carbonyl (C=O) groups is 1. The van der Waals surface area contributed by atoms with Crippen molar-refractivity contribution >= 4 is 16.7 Å². The van der Waals surface area contributed by atoms with Crippen molar-refractivity contribution in [2.75, 3.05) is 14.2 Å². The van der Waals surface area contributed by atoms with Crippen LogP contribution in [0.1, 0.15) is 35.6 Å². The third-order valence-electron chi connectivity index (χ3n) is 6.64. The number of halogens is 2. The Morgan fingerprint density at radius 1 is 0.860 bits per heavy atom. The van der Waals surface area contributed by atoms with Gasteiger partial charge in [0, 0.05) is 29.6 Å². The standard InChI is InChI=1S/C33H29F2N3O5/c1-18(2)42-33-31(21-7-9-22(34)10-8-21)19(3)37-38-32(33)26(39)15-20-6-11-28(24(35)14-20)43-27-12-13-36-25-17-30(41-5)29(40-4)16-23(25)27/h6-14,16-18H,15H2,1-5H3. The van der Waals surface area contributed by atoms with E-state index in [1.807, 2.05) is 13.8 Å². The summed E-state index contributed by atoms with van der Waals surface area (Å²) in [5, 5.41) is 8.92. The number of ketones is 1. The Kier molecular flexibility index (Phi) is 8.47. The molecule has 0 saturated heterocycles. The molecule has 0 saturated carbocycles. The average molecular weight is 586 g/mol. The van der Waals surface area contributed by atoms with Gasteiger partial charge in [-0.15, -0.1) is 5.10 Å². The molecule has 0 unspecified atom stereocenters. The summed E-state index contributed by atoms with van der Waals surface area (Å²) in [6.07, 6.45) is 1.10. The average Bonchev–Trinajstić information content (AvgIpc) is 2.98. The zero-order chi connectivity index (χ0) is 30.7. The van der Waals surface area contributed by atoms with Crippen LogP contribution in [0.3, 0.4) is 0 Å². The predicted molar refractivity (Wildman–Crippen MR) is 157 cm³/mol. The van der Waals surface area contributed by atoms with Gasteiger partial charge in [-0.1, -0.05) is 18.2 Å². The molecule has 8 nitrogen and oxygen atoms in total. The molecule has 2 heterocycles. The van der Waals surface area contributed by atoms with Gasteiger partial charge in [0.05, 0.1) is 31.5 Å². The van der Waals surface area contributed by atoms with Crippen molar-refractivity contribution in [3.05, 3.63) is 95.4 Å². The molecule has 10 heteroatoms. The molecule has 0 aliphatic carbocycles. The van der Waals surface area contributed by atoms with Crippen LogP contribution in [0.5, 0.6) is 28.7 Å². The van der Waals surface area contributed by atoms with Crippen molar-refractivity contribution in [2.45, 2.75) is 33.3 Å². The minimum absolute atomic E-state index is 0.00647. The number of benzene rings is 3. The number of methoxy groups -OCH3 is 2. The summed E-state index contributed by atoms with van der Waals surface area (Å²) in [5.41, 5.74) is 2.68. The third kappa shape index (κ3) is 6.23. The van der Waals surface area contributed by atoms with E-state index in [1.165, 1.54) is 38.5 Å². The van der Waals surface area contributed by atoms with Crippen LogP contribution in [0.4, 0.5) is 8.78 Å². The molecule has 0 spiro atoms. The van der Waals surface area contributed by atoms with Crippen LogP contribution in [-0.2, 0) is 6.42 Å². The largest absolute Gasteiger partial charge is 0.493 e. The SMILES string of the molecule is COc1cc2nccc(Oc3ccc(CC(=O)c4nnc(C)c(-c5ccc(F)cc5)c4OC(C)C)cc3F)c2cc1OC. The highest BCUT2D eigenvalue weighted by molar-refractivity contribution is 6.00. The fourth-order valence-electron chi connectivity index (χ4n) is 4.65. The Balaban J connectivity index is 1.43. The molecule has 0 amide bonds. The fourth-order valence-corrected chi connectivity index (χ4v) is 4.65. The van der Waals surface area contributed by atoms with Gasteiger partial charge in [-0.3, -0.25) is 9.78 Å². The highest BCUT2D eigenvalue weighted by Crippen LogP contribution is 2.38. The maximum atomic E-state index is 15.3. The molecule has 3 aromatic carbocycles. The Hall–Kier alpha value is -5.12. The van der Waals surface area contributed by atoms with Crippen LogP contribution in [0, 0.1) is 18.6 Å². The first-order chi connectivity index (χ1) is 20.7. The number of Topliss-reactive ketones (excluding diaryl/α,β-unsaturated/α-hetero) is 1. The number of ether oxygens (including phenoxy) is 4. The second-order valence-corrected chi connectivity index (χ2v) is 10.0. The Labute approximate surface area is 247 Å². The lowest BCUT2D eigenvalue weighted by Gasteiger charge is -2.18. The summed E-state index contributed by atoms with van der Waals surface area (Å²) >= 11 is 0. The quantitative estimate of drug-likeness (QED) is 0.158. The lowest BCUT2D eigenvalue weighted by Crippen LogP contribution is -2.16. The maximum absolute atomic E-state index is 15.3. The molecule has 0 fully saturated rings. The van der Waals surface area contributed by atoms with Crippen molar-refractivity contribution < 1.29 is 32.5 Å². The molecular weight excluding hydrogens is 556 g/mol. The van der Waals surface area contributed by atoms with E-state index >= 15 is 4.39 Å². The number of pyridine rings is 1. The van der Waals surface area contributed by atoms with Gasteiger partial charge in [0.2, 0.25) is 0 Å². The van der Waals surface area contributed by atoms with Gasteiger partial charge in [-0.05, 0) is 68.3 Å². The molecular formula is C33H29F2N3O5. The summed E-state index contributed by atoms with van der Waals surface area (Å²) in [5.74, 6) is 0.101. The summed E-state index contributed by atoms with van der Waals surface area (Å²) in [6.45, 7) is 5.39. The van der Waals surface area contributed by atoms with Crippen LogP contribution in [-0.4, -0.2) is 41.3 Å². The summed E-state index contributed by atoms with van der Waals surface area (Å²) in [6, 6.07) is 15.2. The monoisotopic (exact) mass is 585 g/mol. The zero-order valence-corrected chi connectivity index (χ0v) is 24.3. The smallest absolute Gasteiger partial charge is 0.191 e. The number of carbonyl (C=O) groups excluding carboxylic acids is 1. The van der Waals surface area contributed by atoms with Gasteiger partial charge >= 0.3 is 0 Å². The molecule has 220 valence electrons. The molecule has 0 aliphatic rings. The van der Waals surface area contributed by atoms with Crippen molar-refractivity contribution in [2.24, 2.45) is 0 Å². The molecule has 0 atom stereocenters. The van der Waals surface area contributed by atoms with Gasteiger partial charge in [-0.25, -0.2) is 8.78 Å². The maximum Gasteiger partial charge on any atom is 0.191 e. The second-order valence-electron chi connectivity index (χ2n) is 10.0. The molecule has 2 aromatic heterocycles. The van der Waals surface area contributed by atoms with Gasteiger partial charge in [0.25, 0.3) is 0 Å². The lowest BCUT2D eigenvalue weighted by atomic mass is 9.99. The number of hydrogen-bond acceptors (Lipinski definition) is 8. The molecule has 43 heavy (non-hydrogen) atoms. The van der Waals surface area contributed by atoms with E-state index in [-0.39, 0.29) is 29.7 Å². The second kappa shape index (κ2) is 12.4. The number of aryl methyl sites for hydroxylation is 1. The number of aromatic nitrogens is 3. The summed E-state index contributed by atoms with van der Waals surface area (Å²) in [4.78, 5) is 17.8. The molecule has 5 aromatic rings. The van der Waals surface area contributed by atoms with Gasteiger partial charge in [0.1, 0.15) is 11.6 Å². The van der Waals surface area contributed by atoms with E-state index in [1.54, 1.807) is 49.5 Å². The number of nitrogens with zero attached hydrogens (tertiary/aromatic N) is 3.